The second-order valence-corrected chi connectivity index (χ2v) is 7.81. The highest BCUT2D eigenvalue weighted by molar-refractivity contribution is 7.59. The molecular weight excluding hydrogens is 427 g/mol. The lowest BCUT2D eigenvalue weighted by Crippen LogP contribution is -2.48. The van der Waals surface area contributed by atoms with Crippen molar-refractivity contribution in [1.29, 1.82) is 0 Å². The maximum absolute atomic E-state index is 13.7. The first kappa shape index (κ1) is 27.2. The average Bonchev–Trinajstić information content (AvgIpc) is 2.77. The van der Waals surface area contributed by atoms with Gasteiger partial charge in [0.1, 0.15) is 11.9 Å². The van der Waals surface area contributed by atoms with Gasteiger partial charge in [0.25, 0.3) is 0 Å². The maximum Gasteiger partial charge on any atom is 0.328 e. The highest BCUT2D eigenvalue weighted by Gasteiger charge is 2.33. The fraction of sp³-hybridized carbons (Fsp3) is 0.400. The van der Waals surface area contributed by atoms with Crippen molar-refractivity contribution in [3.63, 3.8) is 0 Å². The third-order valence-electron chi connectivity index (χ3n) is 5.17. The van der Waals surface area contributed by atoms with E-state index in [0.717, 1.165) is 18.4 Å². The van der Waals surface area contributed by atoms with Crippen LogP contribution in [0.5, 0.6) is 0 Å². The molecule has 0 saturated carbocycles. The smallest absolute Gasteiger partial charge is 0.328 e. The molecule has 0 fully saturated rings. The minimum absolute atomic E-state index is 0. The molecule has 0 N–H and O–H groups in total. The van der Waals surface area contributed by atoms with Crippen LogP contribution in [0.15, 0.2) is 42.5 Å². The van der Waals surface area contributed by atoms with Crippen LogP contribution in [0, 0.1) is 18.3 Å². The van der Waals surface area contributed by atoms with Crippen LogP contribution in [0.25, 0.3) is 16.0 Å². The summed E-state index contributed by atoms with van der Waals surface area (Å²) in [5.41, 5.74) is 2.44. The van der Waals surface area contributed by atoms with Gasteiger partial charge in [0, 0.05) is 13.0 Å². The Kier molecular flexibility index (Phi) is 10.9. The molecule has 0 bridgehead atoms. The van der Waals surface area contributed by atoms with Gasteiger partial charge in [0.15, 0.2) is 5.69 Å². The van der Waals surface area contributed by atoms with E-state index in [9.17, 15) is 14.0 Å². The van der Waals surface area contributed by atoms with Crippen LogP contribution < -0.4 is 0 Å². The van der Waals surface area contributed by atoms with Gasteiger partial charge in [-0.15, -0.1) is 0 Å². The number of amides is 1. The Morgan fingerprint density at radius 1 is 1.16 bits per heavy atom. The van der Waals surface area contributed by atoms with Crippen molar-refractivity contribution in [2.75, 3.05) is 7.11 Å². The quantitative estimate of drug-likeness (QED) is 0.349. The summed E-state index contributed by atoms with van der Waals surface area (Å²) in [6.45, 7) is 13.4. The normalized spacial score (nSPS) is 11.3. The molecule has 1 amide bonds. The molecule has 0 unspecified atom stereocenters. The van der Waals surface area contributed by atoms with Crippen molar-refractivity contribution in [3.8, 4) is 11.1 Å². The molecule has 2 aromatic rings. The van der Waals surface area contributed by atoms with Crippen molar-refractivity contribution in [3.05, 3.63) is 65.3 Å². The molecule has 5 nitrogen and oxygen atoms in total. The van der Waals surface area contributed by atoms with Crippen LogP contribution in [-0.2, 0) is 20.9 Å². The molecule has 0 saturated heterocycles. The van der Waals surface area contributed by atoms with Gasteiger partial charge in [0.05, 0.1) is 13.7 Å². The van der Waals surface area contributed by atoms with Crippen molar-refractivity contribution in [1.82, 2.24) is 4.90 Å². The van der Waals surface area contributed by atoms with Crippen LogP contribution >= 0.6 is 13.5 Å². The third-order valence-corrected chi connectivity index (χ3v) is 5.17. The monoisotopic (exact) mass is 458 g/mol. The number of benzene rings is 2. The zero-order valence-electron chi connectivity index (χ0n) is 19.0. The minimum Gasteiger partial charge on any atom is -0.467 e. The molecule has 0 radical (unpaired) electrons. The zero-order valence-corrected chi connectivity index (χ0v) is 20.0. The summed E-state index contributed by atoms with van der Waals surface area (Å²) >= 11 is 0. The van der Waals surface area contributed by atoms with Gasteiger partial charge in [0.2, 0.25) is 5.91 Å². The number of carbonyl (C=O) groups excluding carboxylic acids is 2. The third kappa shape index (κ3) is 6.83. The lowest BCUT2D eigenvalue weighted by molar-refractivity contribution is -0.155. The van der Waals surface area contributed by atoms with E-state index in [1.54, 1.807) is 17.0 Å². The van der Waals surface area contributed by atoms with E-state index in [2.05, 4.69) is 4.85 Å². The molecule has 1 atom stereocenters. The second kappa shape index (κ2) is 12.9. The number of methoxy groups -OCH3 is 1. The molecule has 0 heterocycles. The molecule has 2 rings (SSSR count). The Balaban J connectivity index is 0.00000512. The number of halogens is 1. The first-order valence-corrected chi connectivity index (χ1v) is 10.5. The summed E-state index contributed by atoms with van der Waals surface area (Å²) in [7, 11) is 1.33. The van der Waals surface area contributed by atoms with Crippen LogP contribution in [-0.4, -0.2) is 29.9 Å². The Labute approximate surface area is 196 Å². The average molecular weight is 459 g/mol. The topological polar surface area (TPSA) is 51.0 Å². The lowest BCUT2D eigenvalue weighted by Gasteiger charge is -2.32. The SMILES string of the molecule is S.[C-]#[N+]c1ccc(F)cc1-c1ccc(CN(C(=O)CCCC)[C@H](C(=O)OC)C(C)C)cc1. The molecular formula is C25H31FN2O3S. The first-order chi connectivity index (χ1) is 14.8. The fourth-order valence-corrected chi connectivity index (χ4v) is 3.52. The van der Waals surface area contributed by atoms with Gasteiger partial charge in [-0.1, -0.05) is 57.5 Å². The van der Waals surface area contributed by atoms with E-state index in [0.29, 0.717) is 23.2 Å². The Bertz CT molecular complexity index is 955. The Hall–Kier alpha value is -2.85. The number of unbranched alkanes of at least 4 members (excludes halogenated alkanes) is 1. The van der Waals surface area contributed by atoms with Crippen LogP contribution in [0.4, 0.5) is 10.1 Å². The van der Waals surface area contributed by atoms with E-state index < -0.39 is 17.8 Å². The number of ether oxygens (including phenoxy) is 1. The highest BCUT2D eigenvalue weighted by atomic mass is 32.1. The predicted molar refractivity (Wildman–Crippen MR) is 129 cm³/mol. The maximum atomic E-state index is 13.7. The molecule has 32 heavy (non-hydrogen) atoms. The fourth-order valence-electron chi connectivity index (χ4n) is 3.52. The van der Waals surface area contributed by atoms with Crippen molar-refractivity contribution < 1.29 is 18.7 Å². The number of esters is 1. The zero-order chi connectivity index (χ0) is 23.0. The van der Waals surface area contributed by atoms with Gasteiger partial charge < -0.3 is 9.64 Å². The van der Waals surface area contributed by atoms with Crippen molar-refractivity contribution in [2.24, 2.45) is 5.92 Å². The number of rotatable bonds is 9. The largest absolute Gasteiger partial charge is 0.467 e. The minimum atomic E-state index is -0.675. The van der Waals surface area contributed by atoms with Gasteiger partial charge in [-0.25, -0.2) is 14.0 Å². The van der Waals surface area contributed by atoms with E-state index in [4.69, 9.17) is 11.3 Å². The van der Waals surface area contributed by atoms with E-state index in [1.165, 1.54) is 25.3 Å². The van der Waals surface area contributed by atoms with Gasteiger partial charge in [-0.2, -0.15) is 13.5 Å². The number of nitrogens with zero attached hydrogens (tertiary/aromatic N) is 2. The van der Waals surface area contributed by atoms with E-state index >= 15 is 0 Å². The van der Waals surface area contributed by atoms with Crippen LogP contribution in [0.1, 0.15) is 45.6 Å². The molecule has 0 aromatic heterocycles. The summed E-state index contributed by atoms with van der Waals surface area (Å²) in [5.74, 6) is -1.03. The standard InChI is InChI=1S/C25H29FN2O3.H2S/c1-6-7-8-23(29)28(24(17(2)3)25(30)31-5)16-18-9-11-19(12-10-18)21-15-20(26)13-14-22(21)27-4;/h9-15,17,24H,6-8,16H2,1-3,5H3;1H2/t24-;/m0./s1. The molecule has 7 heteroatoms. The summed E-state index contributed by atoms with van der Waals surface area (Å²) < 4.78 is 18.7. The van der Waals surface area contributed by atoms with Crippen LogP contribution in [0.3, 0.4) is 0 Å². The summed E-state index contributed by atoms with van der Waals surface area (Å²) in [6.07, 6.45) is 2.00. The van der Waals surface area contributed by atoms with Crippen LogP contribution in [0.2, 0.25) is 0 Å². The summed E-state index contributed by atoms with van der Waals surface area (Å²) in [6, 6.07) is 10.7. The van der Waals surface area contributed by atoms with E-state index in [-0.39, 0.29) is 31.9 Å². The highest BCUT2D eigenvalue weighted by Crippen LogP contribution is 2.31. The molecule has 0 aliphatic rings. The van der Waals surface area contributed by atoms with Gasteiger partial charge in [-0.3, -0.25) is 4.79 Å². The number of hydrogen-bond donors (Lipinski definition) is 0. The molecule has 0 spiro atoms. The molecule has 0 aliphatic carbocycles. The van der Waals surface area contributed by atoms with Crippen molar-refractivity contribution >= 4 is 31.1 Å². The molecule has 2 aromatic carbocycles. The Morgan fingerprint density at radius 2 is 1.81 bits per heavy atom. The summed E-state index contributed by atoms with van der Waals surface area (Å²) in [4.78, 5) is 30.4. The molecule has 0 aliphatic heterocycles. The summed E-state index contributed by atoms with van der Waals surface area (Å²) in [5, 5.41) is 0. The first-order valence-electron chi connectivity index (χ1n) is 10.5. The van der Waals surface area contributed by atoms with E-state index in [1.807, 2.05) is 32.9 Å². The van der Waals surface area contributed by atoms with Gasteiger partial charge in [-0.05, 0) is 41.2 Å². The lowest BCUT2D eigenvalue weighted by atomic mass is 9.99. The predicted octanol–water partition coefficient (Wildman–Crippen LogP) is 5.87. The number of carbonyl (C=O) groups is 2. The second-order valence-electron chi connectivity index (χ2n) is 7.81. The Morgan fingerprint density at radius 3 is 2.34 bits per heavy atom. The van der Waals surface area contributed by atoms with Crippen molar-refractivity contribution in [2.45, 2.75) is 52.6 Å². The van der Waals surface area contributed by atoms with Gasteiger partial charge >= 0.3 is 5.97 Å². The number of hydrogen-bond acceptors (Lipinski definition) is 3. The molecule has 172 valence electrons.